The van der Waals surface area contributed by atoms with Gasteiger partial charge in [-0.05, 0) is 69.7 Å². The third-order valence-electron chi connectivity index (χ3n) is 6.13. The monoisotopic (exact) mass is 785 g/mol. The summed E-state index contributed by atoms with van der Waals surface area (Å²) in [5.74, 6) is -0.637. The minimum atomic E-state index is -0.318. The molecule has 45 heavy (non-hydrogen) atoms. The Morgan fingerprint density at radius 2 is 0.889 bits per heavy atom. The van der Waals surface area contributed by atoms with Gasteiger partial charge < -0.3 is 0 Å². The molecule has 0 spiro atoms. The van der Waals surface area contributed by atoms with Crippen molar-refractivity contribution in [1.29, 1.82) is 0 Å². The maximum Gasteiger partial charge on any atom is 0.0493 e. The zero-order valence-corrected chi connectivity index (χ0v) is 28.7. The normalized spacial score (nSPS) is 10.5. The van der Waals surface area contributed by atoms with Crippen molar-refractivity contribution >= 4 is 0 Å². The van der Waals surface area contributed by atoms with Crippen LogP contribution in [0.15, 0.2) is 122 Å². The molecule has 0 amide bonds. The average molecular weight is 785 g/mol. The average Bonchev–Trinajstić information content (AvgIpc) is 3.75. The number of hydrogen-bond acceptors (Lipinski definition) is 4. The van der Waals surface area contributed by atoms with Crippen LogP contribution in [0.2, 0.25) is 0 Å². The molecule has 0 unspecified atom stereocenters. The van der Waals surface area contributed by atoms with E-state index in [4.69, 9.17) is 0 Å². The first-order valence-electron chi connectivity index (χ1n) is 14.1. The second-order valence-electron chi connectivity index (χ2n) is 11.6. The molecule has 237 valence electrons. The molecule has 0 aliphatic heterocycles. The summed E-state index contributed by atoms with van der Waals surface area (Å²) in [6, 6.07) is 26.5. The summed E-state index contributed by atoms with van der Waals surface area (Å²) in [5, 5.41) is 7.79. The molecule has 4 aromatic heterocycles. The minimum absolute atomic E-state index is 0. The summed E-state index contributed by atoms with van der Waals surface area (Å²) >= 11 is 0. The molecule has 2 aromatic carbocycles. The van der Waals surface area contributed by atoms with E-state index in [0.717, 1.165) is 0 Å². The van der Waals surface area contributed by atoms with E-state index in [2.05, 4.69) is 98.1 Å². The number of nitrogens with zero attached hydrogens (tertiary/aromatic N) is 6. The molecule has 6 nitrogen and oxygen atoms in total. The zero-order valence-electron chi connectivity index (χ0n) is 26.3. The van der Waals surface area contributed by atoms with Crippen LogP contribution in [0.3, 0.4) is 0 Å². The van der Waals surface area contributed by atoms with Gasteiger partial charge in [0.25, 0.3) is 0 Å². The van der Waals surface area contributed by atoms with Crippen molar-refractivity contribution in [2.45, 2.75) is 52.4 Å². The molecule has 1 radical (unpaired) electrons. The Bertz CT molecular complexity index is 1500. The number of benzene rings is 2. The molecule has 6 rings (SSSR count). The molecular weight excluding hydrogens is 747 g/mol. The summed E-state index contributed by atoms with van der Waals surface area (Å²) in [4.78, 5) is 7.92. The molecule has 0 N–H and O–H groups in total. The van der Waals surface area contributed by atoms with E-state index < -0.39 is 0 Å². The Kier molecular flexibility index (Phi) is 14.6. The van der Waals surface area contributed by atoms with Gasteiger partial charge in [-0.15, -0.1) is 12.1 Å². The Labute approximate surface area is 278 Å². The summed E-state index contributed by atoms with van der Waals surface area (Å²) in [6.07, 6.45) is 13.9. The van der Waals surface area contributed by atoms with Crippen molar-refractivity contribution in [3.8, 4) is 11.4 Å². The van der Waals surface area contributed by atoms with Gasteiger partial charge in [-0.25, -0.2) is 0 Å². The Hall–Kier alpha value is -4.33. The quantitative estimate of drug-likeness (QED) is 0.166. The van der Waals surface area contributed by atoms with Crippen LogP contribution in [-0.4, -0.2) is 29.5 Å². The van der Waals surface area contributed by atoms with Gasteiger partial charge in [-0.1, -0.05) is 41.5 Å². The maximum atomic E-state index is 13.1. The Morgan fingerprint density at radius 3 is 1.13 bits per heavy atom. The molecule has 9 heteroatoms. The van der Waals surface area contributed by atoms with Gasteiger partial charge in [0.15, 0.2) is 0 Å². The summed E-state index contributed by atoms with van der Waals surface area (Å²) in [5.41, 5.74) is 3.88. The summed E-state index contributed by atoms with van der Waals surface area (Å²) in [6.45, 7) is 13.2. The standard InChI is InChI=1S/2C9H6FN2.2C9H13N.Ir/c2*10-8-4-1-2-5-9(8)12-7-3-6-11-12;2*1-9(2,3)8-4-6-10-7-5-8;/h2*1-4,6-7H;2*4-7H,1-3H3;/q2*-1;;;. The molecular formula is C36H38F2IrN6-2. The van der Waals surface area contributed by atoms with Crippen molar-refractivity contribution in [3.63, 3.8) is 0 Å². The van der Waals surface area contributed by atoms with Gasteiger partial charge in [0, 0.05) is 81.3 Å². The van der Waals surface area contributed by atoms with Gasteiger partial charge in [-0.3, -0.25) is 28.1 Å². The minimum Gasteiger partial charge on any atom is -0.282 e. The molecule has 6 aromatic rings. The molecule has 0 aliphatic rings. The molecule has 0 bridgehead atoms. The van der Waals surface area contributed by atoms with Crippen LogP contribution in [0.1, 0.15) is 52.7 Å². The van der Waals surface area contributed by atoms with Crippen LogP contribution in [0.25, 0.3) is 11.4 Å². The number of para-hydroxylation sites is 2. The van der Waals surface area contributed by atoms with Crippen molar-refractivity contribution in [2.24, 2.45) is 0 Å². The molecule has 0 fully saturated rings. The van der Waals surface area contributed by atoms with E-state index >= 15 is 0 Å². The fraction of sp³-hybridized carbons (Fsp3) is 0.222. The maximum absolute atomic E-state index is 13.1. The van der Waals surface area contributed by atoms with Gasteiger partial charge in [0.2, 0.25) is 0 Å². The largest absolute Gasteiger partial charge is 0.282 e. The zero-order chi connectivity index (χ0) is 32.0. The first-order chi connectivity index (χ1) is 21.0. The second kappa shape index (κ2) is 17.8. The third-order valence-corrected chi connectivity index (χ3v) is 6.13. The first kappa shape index (κ1) is 36.9. The number of hydrogen-bond donors (Lipinski definition) is 0. The van der Waals surface area contributed by atoms with Crippen molar-refractivity contribution in [1.82, 2.24) is 29.5 Å². The molecule has 4 heterocycles. The van der Waals surface area contributed by atoms with E-state index in [9.17, 15) is 8.78 Å². The Morgan fingerprint density at radius 1 is 0.533 bits per heavy atom. The predicted molar refractivity (Wildman–Crippen MR) is 171 cm³/mol. The van der Waals surface area contributed by atoms with Crippen LogP contribution >= 0.6 is 0 Å². The molecule has 0 atom stereocenters. The number of aromatic nitrogens is 6. The number of rotatable bonds is 2. The van der Waals surface area contributed by atoms with Gasteiger partial charge >= 0.3 is 0 Å². The van der Waals surface area contributed by atoms with Crippen LogP contribution in [0, 0.1) is 23.8 Å². The van der Waals surface area contributed by atoms with Crippen molar-refractivity contribution in [3.05, 3.63) is 157 Å². The van der Waals surface area contributed by atoms with E-state index in [1.54, 1.807) is 61.2 Å². The first-order valence-corrected chi connectivity index (χ1v) is 14.1. The van der Waals surface area contributed by atoms with Gasteiger partial charge in [0.1, 0.15) is 0 Å². The summed E-state index contributed by atoms with van der Waals surface area (Å²) < 4.78 is 29.0. The fourth-order valence-corrected chi connectivity index (χ4v) is 3.67. The van der Waals surface area contributed by atoms with Crippen molar-refractivity contribution < 1.29 is 28.9 Å². The van der Waals surface area contributed by atoms with E-state index in [1.165, 1.54) is 32.6 Å². The SMILES string of the molecule is CC(C)(C)c1ccncc1.CC(C)(C)c1ccncc1.Fc1ccc[c-]c1-n1cccn1.Fc1ccc[c-]c1-n1cccn1.[Ir]. The molecule has 0 saturated carbocycles. The second-order valence-corrected chi connectivity index (χ2v) is 11.6. The van der Waals surface area contributed by atoms with Gasteiger partial charge in [0.05, 0.1) is 0 Å². The van der Waals surface area contributed by atoms with E-state index in [1.807, 2.05) is 24.8 Å². The van der Waals surface area contributed by atoms with E-state index in [0.29, 0.717) is 11.4 Å². The smallest absolute Gasteiger partial charge is 0.0493 e. The van der Waals surface area contributed by atoms with Crippen molar-refractivity contribution in [2.75, 3.05) is 0 Å². The number of pyridine rings is 2. The fourth-order valence-electron chi connectivity index (χ4n) is 3.67. The Balaban J connectivity index is 0.000000208. The van der Waals surface area contributed by atoms with Crippen LogP contribution in [-0.2, 0) is 30.9 Å². The molecule has 0 saturated heterocycles. The summed E-state index contributed by atoms with van der Waals surface area (Å²) in [7, 11) is 0. The third kappa shape index (κ3) is 12.3. The van der Waals surface area contributed by atoms with Crippen LogP contribution in [0.5, 0.6) is 0 Å². The molecule has 0 aliphatic carbocycles. The number of halogens is 2. The van der Waals surface area contributed by atoms with Gasteiger partial charge in [-0.2, -0.15) is 46.6 Å². The van der Waals surface area contributed by atoms with Crippen LogP contribution in [0.4, 0.5) is 8.78 Å². The topological polar surface area (TPSA) is 61.4 Å². The van der Waals surface area contributed by atoms with Crippen LogP contribution < -0.4 is 0 Å². The van der Waals surface area contributed by atoms with E-state index in [-0.39, 0.29) is 42.6 Å². The predicted octanol–water partition coefficient (Wildman–Crippen LogP) is 8.38.